The third-order valence-electron chi connectivity index (χ3n) is 3.39. The molecule has 0 aromatic carbocycles. The molecule has 6 nitrogen and oxygen atoms in total. The van der Waals surface area contributed by atoms with Gasteiger partial charge in [-0.2, -0.15) is 0 Å². The normalized spacial score (nSPS) is 26.4. The van der Waals surface area contributed by atoms with E-state index < -0.39 is 9.84 Å². The van der Waals surface area contributed by atoms with Crippen molar-refractivity contribution in [3.05, 3.63) is 0 Å². The van der Waals surface area contributed by atoms with E-state index in [1.165, 1.54) is 12.8 Å². The van der Waals surface area contributed by atoms with Crippen LogP contribution in [0.25, 0.3) is 0 Å². The Labute approximate surface area is 114 Å². The van der Waals surface area contributed by atoms with Crippen molar-refractivity contribution in [2.45, 2.75) is 25.3 Å². The zero-order valence-electron chi connectivity index (χ0n) is 11.4. The number of aliphatic imine (C=N–C) groups is 1. The molecule has 1 unspecified atom stereocenters. The Balaban J connectivity index is 1.60. The van der Waals surface area contributed by atoms with Gasteiger partial charge in [0.1, 0.15) is 0 Å². The van der Waals surface area contributed by atoms with Crippen molar-refractivity contribution in [3.63, 3.8) is 0 Å². The minimum absolute atomic E-state index is 0.0245. The van der Waals surface area contributed by atoms with Gasteiger partial charge < -0.3 is 15.4 Å². The van der Waals surface area contributed by atoms with Crippen molar-refractivity contribution in [3.8, 4) is 0 Å². The summed E-state index contributed by atoms with van der Waals surface area (Å²) in [6, 6.07) is -0.0245. The second-order valence-corrected chi connectivity index (χ2v) is 7.49. The van der Waals surface area contributed by atoms with Crippen molar-refractivity contribution in [2.75, 3.05) is 38.3 Å². The molecule has 0 aromatic heterocycles. The Morgan fingerprint density at radius 1 is 1.37 bits per heavy atom. The quantitative estimate of drug-likeness (QED) is 0.401. The lowest BCUT2D eigenvalue weighted by atomic mass is 10.3. The van der Waals surface area contributed by atoms with Crippen LogP contribution in [0.1, 0.15) is 19.3 Å². The van der Waals surface area contributed by atoms with Crippen LogP contribution < -0.4 is 10.6 Å². The Kier molecular flexibility index (Phi) is 5.04. The molecule has 2 N–H and O–H groups in total. The predicted octanol–water partition coefficient (Wildman–Crippen LogP) is -0.235. The number of guanidine groups is 1. The van der Waals surface area contributed by atoms with E-state index in [-0.39, 0.29) is 17.5 Å². The lowest BCUT2D eigenvalue weighted by molar-refractivity contribution is 0.129. The molecule has 2 aliphatic rings. The van der Waals surface area contributed by atoms with Gasteiger partial charge in [0, 0.05) is 26.2 Å². The van der Waals surface area contributed by atoms with Crippen LogP contribution in [-0.2, 0) is 14.6 Å². The average Bonchev–Trinajstić information content (AvgIpc) is 3.12. The van der Waals surface area contributed by atoms with Gasteiger partial charge in [-0.15, -0.1) is 0 Å². The molecule has 1 saturated heterocycles. The number of hydrogen-bond acceptors (Lipinski definition) is 4. The molecule has 19 heavy (non-hydrogen) atoms. The molecule has 7 heteroatoms. The Morgan fingerprint density at radius 2 is 2.16 bits per heavy atom. The van der Waals surface area contributed by atoms with Crippen molar-refractivity contribution < 1.29 is 13.2 Å². The van der Waals surface area contributed by atoms with E-state index >= 15 is 0 Å². The van der Waals surface area contributed by atoms with E-state index in [2.05, 4.69) is 15.6 Å². The van der Waals surface area contributed by atoms with Gasteiger partial charge in [0.2, 0.25) is 0 Å². The first-order valence-corrected chi connectivity index (χ1v) is 8.66. The SMILES string of the molecule is CN=C(NCCOCC1CC1)NC1CCS(=O)(=O)C1. The van der Waals surface area contributed by atoms with Gasteiger partial charge in [0.05, 0.1) is 18.1 Å². The largest absolute Gasteiger partial charge is 0.379 e. The van der Waals surface area contributed by atoms with Gasteiger partial charge in [-0.25, -0.2) is 8.42 Å². The molecule has 2 rings (SSSR count). The summed E-state index contributed by atoms with van der Waals surface area (Å²) < 4.78 is 28.2. The summed E-state index contributed by atoms with van der Waals surface area (Å²) in [5, 5.41) is 6.27. The molecule has 1 aliphatic heterocycles. The minimum Gasteiger partial charge on any atom is -0.379 e. The van der Waals surface area contributed by atoms with Crippen LogP contribution in [0.3, 0.4) is 0 Å². The fourth-order valence-corrected chi connectivity index (χ4v) is 3.75. The molecule has 0 radical (unpaired) electrons. The van der Waals surface area contributed by atoms with Crippen molar-refractivity contribution >= 4 is 15.8 Å². The lowest BCUT2D eigenvalue weighted by Gasteiger charge is -2.16. The maximum absolute atomic E-state index is 11.4. The Hall–Kier alpha value is -0.820. The van der Waals surface area contributed by atoms with Crippen LogP contribution >= 0.6 is 0 Å². The smallest absolute Gasteiger partial charge is 0.191 e. The number of hydrogen-bond donors (Lipinski definition) is 2. The summed E-state index contributed by atoms with van der Waals surface area (Å²) in [6.07, 6.45) is 3.25. The first-order valence-electron chi connectivity index (χ1n) is 6.84. The Morgan fingerprint density at radius 3 is 2.74 bits per heavy atom. The molecule has 1 aliphatic carbocycles. The molecule has 0 spiro atoms. The van der Waals surface area contributed by atoms with Gasteiger partial charge in [-0.1, -0.05) is 0 Å². The number of nitrogens with one attached hydrogen (secondary N) is 2. The molecule has 110 valence electrons. The van der Waals surface area contributed by atoms with Crippen LogP contribution in [0.15, 0.2) is 4.99 Å². The summed E-state index contributed by atoms with van der Waals surface area (Å²) in [5.74, 6) is 1.90. The van der Waals surface area contributed by atoms with E-state index in [4.69, 9.17) is 4.74 Å². The molecular formula is C12H23N3O3S. The molecule has 0 amide bonds. The van der Waals surface area contributed by atoms with Gasteiger partial charge in [0.25, 0.3) is 0 Å². The minimum atomic E-state index is -2.85. The number of rotatable bonds is 6. The molecule has 0 bridgehead atoms. The molecule has 1 heterocycles. The third-order valence-corrected chi connectivity index (χ3v) is 5.15. The topological polar surface area (TPSA) is 79.8 Å². The fraction of sp³-hybridized carbons (Fsp3) is 0.917. The standard InChI is InChI=1S/C12H23N3O3S/c1-13-12(14-5-6-18-8-10-2-3-10)15-11-4-7-19(16,17)9-11/h10-11H,2-9H2,1H3,(H2,13,14,15). The summed E-state index contributed by atoms with van der Waals surface area (Å²) in [5.41, 5.74) is 0. The molecule has 1 saturated carbocycles. The highest BCUT2D eigenvalue weighted by Crippen LogP contribution is 2.28. The summed E-state index contributed by atoms with van der Waals surface area (Å²) in [7, 11) is -1.17. The summed E-state index contributed by atoms with van der Waals surface area (Å²) in [6.45, 7) is 2.20. The van der Waals surface area contributed by atoms with Crippen LogP contribution in [-0.4, -0.2) is 58.7 Å². The van der Waals surface area contributed by atoms with Crippen molar-refractivity contribution in [1.82, 2.24) is 10.6 Å². The van der Waals surface area contributed by atoms with Crippen molar-refractivity contribution in [2.24, 2.45) is 10.9 Å². The second kappa shape index (κ2) is 6.56. The van der Waals surface area contributed by atoms with Crippen LogP contribution in [0.2, 0.25) is 0 Å². The summed E-state index contributed by atoms with van der Waals surface area (Å²) >= 11 is 0. The highest BCUT2D eigenvalue weighted by atomic mass is 32.2. The van der Waals surface area contributed by atoms with Crippen molar-refractivity contribution in [1.29, 1.82) is 0 Å². The summed E-state index contributed by atoms with van der Waals surface area (Å²) in [4.78, 5) is 4.09. The van der Waals surface area contributed by atoms with Crippen LogP contribution in [0.4, 0.5) is 0 Å². The van der Waals surface area contributed by atoms with Gasteiger partial charge in [0.15, 0.2) is 15.8 Å². The highest BCUT2D eigenvalue weighted by Gasteiger charge is 2.28. The monoisotopic (exact) mass is 289 g/mol. The highest BCUT2D eigenvalue weighted by molar-refractivity contribution is 7.91. The third kappa shape index (κ3) is 5.36. The first kappa shape index (κ1) is 14.6. The predicted molar refractivity (Wildman–Crippen MR) is 75.1 cm³/mol. The van der Waals surface area contributed by atoms with Crippen LogP contribution in [0, 0.1) is 5.92 Å². The maximum atomic E-state index is 11.4. The molecule has 1 atom stereocenters. The lowest BCUT2D eigenvalue weighted by Crippen LogP contribution is -2.44. The maximum Gasteiger partial charge on any atom is 0.191 e. The molecule has 0 aromatic rings. The molecule has 2 fully saturated rings. The van der Waals surface area contributed by atoms with E-state index in [0.29, 0.717) is 25.5 Å². The van der Waals surface area contributed by atoms with E-state index in [1.807, 2.05) is 0 Å². The van der Waals surface area contributed by atoms with E-state index in [0.717, 1.165) is 12.5 Å². The number of sulfone groups is 1. The van der Waals surface area contributed by atoms with Gasteiger partial charge >= 0.3 is 0 Å². The molecular weight excluding hydrogens is 266 g/mol. The first-order chi connectivity index (χ1) is 9.09. The van der Waals surface area contributed by atoms with E-state index in [9.17, 15) is 8.42 Å². The Bertz CT molecular complexity index is 418. The van der Waals surface area contributed by atoms with Gasteiger partial charge in [-0.05, 0) is 25.2 Å². The number of nitrogens with zero attached hydrogens (tertiary/aromatic N) is 1. The van der Waals surface area contributed by atoms with E-state index in [1.54, 1.807) is 7.05 Å². The number of ether oxygens (including phenoxy) is 1. The fourth-order valence-electron chi connectivity index (χ4n) is 2.07. The van der Waals surface area contributed by atoms with Gasteiger partial charge in [-0.3, -0.25) is 4.99 Å². The van der Waals surface area contributed by atoms with Crippen LogP contribution in [0.5, 0.6) is 0 Å². The zero-order valence-corrected chi connectivity index (χ0v) is 12.2. The second-order valence-electron chi connectivity index (χ2n) is 5.26. The zero-order chi connectivity index (χ0) is 13.7. The average molecular weight is 289 g/mol.